The van der Waals surface area contributed by atoms with Crippen LogP contribution in [0.5, 0.6) is 5.75 Å². The highest BCUT2D eigenvalue weighted by molar-refractivity contribution is 7.58. The number of hydrogen-bond donors (Lipinski definition) is 8. The predicted octanol–water partition coefficient (Wildman–Crippen LogP) is 1.12. The minimum absolute atomic E-state index is 0.0217. The molecule has 46 heavy (non-hydrogen) atoms. The molecule has 8 N–H and O–H groups in total. The van der Waals surface area contributed by atoms with Crippen LogP contribution < -0.4 is 10.2 Å². The zero-order valence-electron chi connectivity index (χ0n) is 25.5. The van der Waals surface area contributed by atoms with Gasteiger partial charge in [0, 0.05) is 55.4 Å². The van der Waals surface area contributed by atoms with Crippen molar-refractivity contribution >= 4 is 54.0 Å². The number of likely N-dealkylation sites (N-methyl/N-ethyl adjacent to an activating group) is 1. The van der Waals surface area contributed by atoms with Crippen molar-refractivity contribution in [2.24, 2.45) is 11.8 Å². The molecular weight excluding hydrogens is 666 g/mol. The first kappa shape index (κ1) is 36.3. The fourth-order valence-electron chi connectivity index (χ4n) is 6.78. The molecular formula is C29H39Cl2N4O10P. The highest BCUT2D eigenvalue weighted by Gasteiger charge is 2.66. The number of nitrogens with zero attached hydrogens (tertiary/aromatic N) is 2. The maximum atomic E-state index is 14.3. The number of alkyl halides is 2. The van der Waals surface area contributed by atoms with E-state index in [1.165, 1.54) is 48.8 Å². The van der Waals surface area contributed by atoms with E-state index in [-0.39, 0.29) is 62.0 Å². The largest absolute Gasteiger partial charge is 0.508 e. The molecule has 1 aromatic carbocycles. The monoisotopic (exact) mass is 704 g/mol. The SMILES string of the molecule is CN(C)[C@@H]1C(=O)C(C(=O)N[P@@](=O)(NCCCO)N(CCCl)CCCl)=C(O)[C@]2(O)C(=O)C3=C(O)c4c(O)cccc4[C@](C)(O)[C@H]3C[C@@H]12. The number of amides is 1. The number of aliphatic hydroxyl groups is 5. The van der Waals surface area contributed by atoms with E-state index in [1.54, 1.807) is 0 Å². The summed E-state index contributed by atoms with van der Waals surface area (Å²) in [6.07, 6.45) is -0.166. The highest BCUT2D eigenvalue weighted by atomic mass is 35.5. The van der Waals surface area contributed by atoms with Gasteiger partial charge in [-0.05, 0) is 45.5 Å². The van der Waals surface area contributed by atoms with Crippen molar-refractivity contribution in [3.8, 4) is 5.75 Å². The second kappa shape index (κ2) is 13.5. The van der Waals surface area contributed by atoms with Gasteiger partial charge in [0.2, 0.25) is 5.78 Å². The molecule has 1 saturated carbocycles. The summed E-state index contributed by atoms with van der Waals surface area (Å²) in [5, 5.41) is 71.3. The van der Waals surface area contributed by atoms with Gasteiger partial charge in [-0.2, -0.15) is 0 Å². The first-order chi connectivity index (χ1) is 21.5. The molecule has 3 aliphatic rings. The second-order valence-corrected chi connectivity index (χ2v) is 14.9. The topological polar surface area (TPSA) is 220 Å². The number of ketones is 2. The Morgan fingerprint density at radius 1 is 1.11 bits per heavy atom. The summed E-state index contributed by atoms with van der Waals surface area (Å²) < 4.78 is 15.4. The molecule has 1 fully saturated rings. The summed E-state index contributed by atoms with van der Waals surface area (Å²) in [5.41, 5.74) is -6.47. The van der Waals surface area contributed by atoms with Crippen molar-refractivity contribution in [2.75, 3.05) is 52.1 Å². The van der Waals surface area contributed by atoms with Crippen molar-refractivity contribution < 1.29 is 49.6 Å². The van der Waals surface area contributed by atoms with Crippen molar-refractivity contribution in [1.82, 2.24) is 19.7 Å². The number of fused-ring (bicyclic) bond motifs is 3. The van der Waals surface area contributed by atoms with Crippen LogP contribution in [0.3, 0.4) is 0 Å². The van der Waals surface area contributed by atoms with Gasteiger partial charge < -0.3 is 30.6 Å². The molecule has 0 aliphatic heterocycles. The van der Waals surface area contributed by atoms with E-state index in [1.807, 2.05) is 0 Å². The number of halogens is 2. The van der Waals surface area contributed by atoms with Crippen LogP contribution in [0.15, 0.2) is 35.1 Å². The zero-order valence-corrected chi connectivity index (χ0v) is 27.9. The number of aliphatic hydroxyl groups excluding tert-OH is 3. The number of Topliss-reactive ketones (excluding diaryl/α,β-unsaturated/α-hetero) is 2. The smallest absolute Gasteiger partial charge is 0.308 e. The minimum Gasteiger partial charge on any atom is -0.508 e. The normalized spacial score (nSPS) is 29.0. The summed E-state index contributed by atoms with van der Waals surface area (Å²) in [6, 6.07) is 2.75. The molecule has 254 valence electrons. The molecule has 0 spiro atoms. The predicted molar refractivity (Wildman–Crippen MR) is 169 cm³/mol. The van der Waals surface area contributed by atoms with Gasteiger partial charge in [0.15, 0.2) is 11.4 Å². The summed E-state index contributed by atoms with van der Waals surface area (Å²) in [5.74, 6) is -8.77. The lowest BCUT2D eigenvalue weighted by Gasteiger charge is -2.53. The number of carbonyl (C=O) groups is 3. The quantitative estimate of drug-likeness (QED) is 0.0663. The van der Waals surface area contributed by atoms with Crippen LogP contribution in [-0.2, 0) is 24.5 Å². The highest BCUT2D eigenvalue weighted by Crippen LogP contribution is 2.57. The van der Waals surface area contributed by atoms with Crippen molar-refractivity contribution in [3.05, 3.63) is 46.2 Å². The van der Waals surface area contributed by atoms with Gasteiger partial charge >= 0.3 is 7.59 Å². The van der Waals surface area contributed by atoms with Crippen molar-refractivity contribution in [1.29, 1.82) is 0 Å². The molecule has 14 nitrogen and oxygen atoms in total. The van der Waals surface area contributed by atoms with E-state index >= 15 is 0 Å². The van der Waals surface area contributed by atoms with Crippen LogP contribution in [0.2, 0.25) is 0 Å². The lowest BCUT2D eigenvalue weighted by atomic mass is 9.54. The average Bonchev–Trinajstić information content (AvgIpc) is 2.97. The average molecular weight is 706 g/mol. The number of hydrogen-bond acceptors (Lipinski definition) is 11. The molecule has 4 rings (SSSR count). The molecule has 17 heteroatoms. The van der Waals surface area contributed by atoms with Crippen LogP contribution in [0.1, 0.15) is 30.9 Å². The van der Waals surface area contributed by atoms with Crippen LogP contribution >= 0.6 is 30.8 Å². The van der Waals surface area contributed by atoms with E-state index in [9.17, 15) is 49.6 Å². The molecule has 1 aromatic rings. The van der Waals surface area contributed by atoms with E-state index in [4.69, 9.17) is 23.2 Å². The minimum atomic E-state index is -4.16. The van der Waals surface area contributed by atoms with Gasteiger partial charge in [-0.15, -0.1) is 23.2 Å². The summed E-state index contributed by atoms with van der Waals surface area (Å²) in [4.78, 5) is 43.5. The molecule has 6 atom stereocenters. The van der Waals surface area contributed by atoms with Gasteiger partial charge in [0.05, 0.1) is 17.2 Å². The van der Waals surface area contributed by atoms with Crippen molar-refractivity contribution in [3.63, 3.8) is 0 Å². The van der Waals surface area contributed by atoms with Crippen molar-refractivity contribution in [2.45, 2.75) is 37.0 Å². The van der Waals surface area contributed by atoms with Gasteiger partial charge in [-0.3, -0.25) is 28.9 Å². The lowest BCUT2D eigenvalue weighted by Crippen LogP contribution is -2.67. The Bertz CT molecular complexity index is 1530. The molecule has 0 aromatic heterocycles. The van der Waals surface area contributed by atoms with Gasteiger partial charge in [0.1, 0.15) is 22.8 Å². The Morgan fingerprint density at radius 3 is 2.30 bits per heavy atom. The Balaban J connectivity index is 1.89. The van der Waals surface area contributed by atoms with Crippen LogP contribution in [0.25, 0.3) is 5.76 Å². The van der Waals surface area contributed by atoms with E-state index in [2.05, 4.69) is 10.2 Å². The van der Waals surface area contributed by atoms with Gasteiger partial charge in [-0.1, -0.05) is 12.1 Å². The Kier molecular flexibility index (Phi) is 10.7. The van der Waals surface area contributed by atoms with E-state index in [0.717, 1.165) is 0 Å². The fourth-order valence-corrected chi connectivity index (χ4v) is 9.46. The standard InChI is InChI=1S/C29H39Cl2N4O10P/c1-28(43)15-6-4-7-18(37)19(15)23(38)20-16(28)14-17-22(34(2)3)24(39)21(26(41)29(17,44)25(20)40)27(42)33-46(45,32-10-5-13-36)35(11-8-30)12-9-31/h4,6-7,16-17,22,36-38,41,43-44H,5,8-14H2,1-3H3,(H2,32,33,42,45)/t16-,17-,22-,28-,29+,46-/m0/s1. The van der Waals surface area contributed by atoms with E-state index < -0.39 is 82.6 Å². The maximum Gasteiger partial charge on any atom is 0.308 e. The molecule has 3 aliphatic carbocycles. The molecule has 0 heterocycles. The molecule has 0 bridgehead atoms. The Labute approximate surface area is 275 Å². The number of benzene rings is 1. The number of phenols is 1. The summed E-state index contributed by atoms with van der Waals surface area (Å²) in [7, 11) is -1.24. The maximum absolute atomic E-state index is 14.3. The molecule has 0 radical (unpaired) electrons. The van der Waals surface area contributed by atoms with Crippen LogP contribution in [-0.4, -0.2) is 121 Å². The van der Waals surface area contributed by atoms with Gasteiger partial charge in [-0.25, -0.2) is 9.76 Å². The number of carbonyl (C=O) groups excluding carboxylic acids is 3. The van der Waals surface area contributed by atoms with E-state index in [0.29, 0.717) is 0 Å². The third kappa shape index (κ3) is 5.78. The van der Waals surface area contributed by atoms with Crippen LogP contribution in [0.4, 0.5) is 0 Å². The zero-order chi connectivity index (χ0) is 34.4. The molecule has 0 saturated heterocycles. The Morgan fingerprint density at radius 2 is 1.74 bits per heavy atom. The number of phenolic OH excluding ortho intramolecular Hbond substituents is 1. The first-order valence-electron chi connectivity index (χ1n) is 14.6. The van der Waals surface area contributed by atoms with Crippen LogP contribution in [0, 0.1) is 11.8 Å². The summed E-state index contributed by atoms with van der Waals surface area (Å²) >= 11 is 11.8. The molecule has 0 unspecified atom stereocenters. The number of nitrogens with one attached hydrogen (secondary N) is 2. The fraction of sp³-hybridized carbons (Fsp3) is 0.552. The Hall–Kier alpha value is -2.52. The lowest BCUT2D eigenvalue weighted by molar-refractivity contribution is -0.159. The first-order valence-corrected chi connectivity index (χ1v) is 17.3. The number of rotatable bonds is 12. The third-order valence-electron chi connectivity index (χ3n) is 9.00. The van der Waals surface area contributed by atoms with Gasteiger partial charge in [0.25, 0.3) is 5.91 Å². The number of aromatic hydroxyl groups is 1. The third-order valence-corrected chi connectivity index (χ3v) is 11.7. The molecule has 1 amide bonds. The second-order valence-electron chi connectivity index (χ2n) is 11.9. The summed E-state index contributed by atoms with van der Waals surface area (Å²) in [6.45, 7) is 1.02.